The monoisotopic (exact) mass is 538 g/mol. The lowest BCUT2D eigenvalue weighted by atomic mass is 9.96. The summed E-state index contributed by atoms with van der Waals surface area (Å²) in [7, 11) is 0. The topological polar surface area (TPSA) is 103 Å². The third-order valence-electron chi connectivity index (χ3n) is 6.16. The Labute approximate surface area is 226 Å². The van der Waals surface area contributed by atoms with E-state index in [0.717, 1.165) is 0 Å². The molecule has 1 amide bonds. The summed E-state index contributed by atoms with van der Waals surface area (Å²) in [5, 5.41) is 7.97. The molecule has 1 fully saturated rings. The molecule has 0 saturated carbocycles. The first-order chi connectivity index (χ1) is 18.3. The standard InChI is InChI=1S/C28H31ClN4O5/c1-4-37-28(36)19-12-14-32(15-13-19)26(34)20-6-5-7-22(16-20)31-25-24(38-18(2)3)17-30-33(27(25)35)23-10-8-21(29)9-11-23/h5-11,16-19,31H,4,12-15H2,1-3H3. The second-order valence-corrected chi connectivity index (χ2v) is 9.70. The molecule has 10 heteroatoms. The smallest absolute Gasteiger partial charge is 0.309 e. The minimum Gasteiger partial charge on any atom is -0.487 e. The average Bonchev–Trinajstić information content (AvgIpc) is 2.91. The number of halogens is 1. The molecule has 1 aromatic heterocycles. The Balaban J connectivity index is 1.57. The van der Waals surface area contributed by atoms with Gasteiger partial charge in [0.25, 0.3) is 11.5 Å². The molecule has 38 heavy (non-hydrogen) atoms. The average molecular weight is 539 g/mol. The summed E-state index contributed by atoms with van der Waals surface area (Å²) in [5.74, 6) is -0.219. The van der Waals surface area contributed by atoms with Crippen LogP contribution in [0.1, 0.15) is 44.0 Å². The number of aromatic nitrogens is 2. The van der Waals surface area contributed by atoms with E-state index in [9.17, 15) is 14.4 Å². The molecule has 1 aliphatic rings. The number of carbonyl (C=O) groups is 2. The summed E-state index contributed by atoms with van der Waals surface area (Å²) in [6.07, 6.45) is 2.44. The number of esters is 1. The molecule has 1 aliphatic heterocycles. The van der Waals surface area contributed by atoms with Crippen molar-refractivity contribution < 1.29 is 19.1 Å². The van der Waals surface area contributed by atoms with E-state index in [4.69, 9.17) is 21.1 Å². The summed E-state index contributed by atoms with van der Waals surface area (Å²) < 4.78 is 12.2. The van der Waals surface area contributed by atoms with Crippen molar-refractivity contribution in [2.24, 2.45) is 5.92 Å². The van der Waals surface area contributed by atoms with Crippen molar-refractivity contribution in [1.29, 1.82) is 0 Å². The molecule has 0 radical (unpaired) electrons. The fraction of sp³-hybridized carbons (Fsp3) is 0.357. The second-order valence-electron chi connectivity index (χ2n) is 9.27. The largest absolute Gasteiger partial charge is 0.487 e. The van der Waals surface area contributed by atoms with Gasteiger partial charge in [-0.05, 0) is 76.1 Å². The van der Waals surface area contributed by atoms with Crippen LogP contribution in [0.4, 0.5) is 11.4 Å². The zero-order valence-corrected chi connectivity index (χ0v) is 22.4. The fourth-order valence-electron chi connectivity index (χ4n) is 4.30. The zero-order valence-electron chi connectivity index (χ0n) is 21.6. The number of nitrogens with one attached hydrogen (secondary N) is 1. The molecule has 0 bridgehead atoms. The third kappa shape index (κ3) is 6.34. The molecule has 4 rings (SSSR count). The number of piperidine rings is 1. The van der Waals surface area contributed by atoms with Gasteiger partial charge in [0.15, 0.2) is 11.4 Å². The van der Waals surface area contributed by atoms with Gasteiger partial charge in [0.05, 0.1) is 30.5 Å². The quantitative estimate of drug-likeness (QED) is 0.410. The van der Waals surface area contributed by atoms with Gasteiger partial charge in [-0.25, -0.2) is 0 Å². The number of nitrogens with zero attached hydrogens (tertiary/aromatic N) is 3. The summed E-state index contributed by atoms with van der Waals surface area (Å²) in [5.41, 5.74) is 1.36. The van der Waals surface area contributed by atoms with Crippen LogP contribution >= 0.6 is 11.6 Å². The van der Waals surface area contributed by atoms with Gasteiger partial charge in [0.2, 0.25) is 0 Å². The molecule has 200 valence electrons. The summed E-state index contributed by atoms with van der Waals surface area (Å²) in [6, 6.07) is 13.7. The van der Waals surface area contributed by atoms with Crippen molar-refractivity contribution in [3.05, 3.63) is 75.7 Å². The lowest BCUT2D eigenvalue weighted by Crippen LogP contribution is -2.40. The maximum Gasteiger partial charge on any atom is 0.309 e. The minimum atomic E-state index is -0.414. The highest BCUT2D eigenvalue weighted by molar-refractivity contribution is 6.30. The minimum absolute atomic E-state index is 0.136. The summed E-state index contributed by atoms with van der Waals surface area (Å²) >= 11 is 6.00. The van der Waals surface area contributed by atoms with E-state index >= 15 is 0 Å². The number of hydrogen-bond donors (Lipinski definition) is 1. The van der Waals surface area contributed by atoms with Gasteiger partial charge in [-0.2, -0.15) is 9.78 Å². The molecule has 3 aromatic rings. The Morgan fingerprint density at radius 3 is 2.50 bits per heavy atom. The van der Waals surface area contributed by atoms with Crippen molar-refractivity contribution in [2.45, 2.75) is 39.7 Å². The first kappa shape index (κ1) is 27.2. The van der Waals surface area contributed by atoms with E-state index in [1.807, 2.05) is 13.8 Å². The van der Waals surface area contributed by atoms with Crippen LogP contribution in [-0.4, -0.2) is 52.4 Å². The van der Waals surface area contributed by atoms with E-state index in [2.05, 4.69) is 10.4 Å². The molecule has 1 N–H and O–H groups in total. The Bertz CT molecular complexity index is 1350. The van der Waals surface area contributed by atoms with E-state index < -0.39 is 5.56 Å². The van der Waals surface area contributed by atoms with Gasteiger partial charge >= 0.3 is 5.97 Å². The third-order valence-corrected chi connectivity index (χ3v) is 6.41. The fourth-order valence-corrected chi connectivity index (χ4v) is 4.42. The SMILES string of the molecule is CCOC(=O)C1CCN(C(=O)c2cccc(Nc3c(OC(C)C)cnn(-c4ccc(Cl)cc4)c3=O)c2)CC1. The zero-order chi connectivity index (χ0) is 27.2. The summed E-state index contributed by atoms with van der Waals surface area (Å²) in [6.45, 7) is 6.81. The van der Waals surface area contributed by atoms with Crippen LogP contribution in [0, 0.1) is 5.92 Å². The van der Waals surface area contributed by atoms with Crippen molar-refractivity contribution in [1.82, 2.24) is 14.7 Å². The highest BCUT2D eigenvalue weighted by atomic mass is 35.5. The predicted octanol–water partition coefficient (Wildman–Crippen LogP) is 4.83. The highest BCUT2D eigenvalue weighted by Gasteiger charge is 2.28. The summed E-state index contributed by atoms with van der Waals surface area (Å²) in [4.78, 5) is 40.5. The van der Waals surface area contributed by atoms with Crippen LogP contribution in [0.5, 0.6) is 5.75 Å². The Kier molecular flexibility index (Phi) is 8.68. The molecular formula is C28H31ClN4O5. The number of benzene rings is 2. The molecule has 1 saturated heterocycles. The first-order valence-corrected chi connectivity index (χ1v) is 13.0. The van der Waals surface area contributed by atoms with Crippen LogP contribution in [0.3, 0.4) is 0 Å². The maximum atomic E-state index is 13.5. The van der Waals surface area contributed by atoms with Crippen molar-refractivity contribution in [3.63, 3.8) is 0 Å². The first-order valence-electron chi connectivity index (χ1n) is 12.6. The van der Waals surface area contributed by atoms with Gasteiger partial charge in [-0.15, -0.1) is 0 Å². The number of ether oxygens (including phenoxy) is 2. The Morgan fingerprint density at radius 2 is 1.84 bits per heavy atom. The van der Waals surface area contributed by atoms with Gasteiger partial charge in [0, 0.05) is 29.4 Å². The number of carbonyl (C=O) groups excluding carboxylic acids is 2. The Morgan fingerprint density at radius 1 is 1.13 bits per heavy atom. The molecule has 0 unspecified atom stereocenters. The van der Waals surface area contributed by atoms with Crippen molar-refractivity contribution in [2.75, 3.05) is 25.0 Å². The van der Waals surface area contributed by atoms with Crippen LogP contribution in [-0.2, 0) is 9.53 Å². The maximum absolute atomic E-state index is 13.5. The Hall–Kier alpha value is -3.85. The molecule has 2 aromatic carbocycles. The van der Waals surface area contributed by atoms with Crippen LogP contribution in [0.25, 0.3) is 5.69 Å². The predicted molar refractivity (Wildman–Crippen MR) is 146 cm³/mol. The molecule has 2 heterocycles. The lowest BCUT2D eigenvalue weighted by molar-refractivity contribution is -0.149. The van der Waals surface area contributed by atoms with Crippen LogP contribution in [0.15, 0.2) is 59.5 Å². The van der Waals surface area contributed by atoms with E-state index in [1.165, 1.54) is 10.9 Å². The number of anilines is 2. The van der Waals surface area contributed by atoms with E-state index in [0.29, 0.717) is 60.2 Å². The van der Waals surface area contributed by atoms with Crippen molar-refractivity contribution >= 4 is 34.9 Å². The molecule has 0 spiro atoms. The number of amides is 1. The van der Waals surface area contributed by atoms with E-state index in [-0.39, 0.29) is 29.6 Å². The number of rotatable bonds is 8. The number of hydrogen-bond acceptors (Lipinski definition) is 7. The molecule has 0 aliphatic carbocycles. The highest BCUT2D eigenvalue weighted by Crippen LogP contribution is 2.27. The molecular weight excluding hydrogens is 508 g/mol. The van der Waals surface area contributed by atoms with E-state index in [1.54, 1.807) is 60.4 Å². The van der Waals surface area contributed by atoms with Crippen molar-refractivity contribution in [3.8, 4) is 11.4 Å². The molecule has 9 nitrogen and oxygen atoms in total. The van der Waals surface area contributed by atoms with Crippen LogP contribution in [0.2, 0.25) is 5.02 Å². The van der Waals surface area contributed by atoms with Gasteiger partial charge in [-0.3, -0.25) is 14.4 Å². The number of likely N-dealkylation sites (tertiary alicyclic amines) is 1. The van der Waals surface area contributed by atoms with Gasteiger partial charge in [-0.1, -0.05) is 17.7 Å². The normalized spacial score (nSPS) is 13.9. The van der Waals surface area contributed by atoms with Crippen LogP contribution < -0.4 is 15.6 Å². The second kappa shape index (κ2) is 12.1. The van der Waals surface area contributed by atoms with Gasteiger partial charge in [0.1, 0.15) is 0 Å². The molecule has 0 atom stereocenters. The van der Waals surface area contributed by atoms with Gasteiger partial charge < -0.3 is 19.7 Å². The lowest BCUT2D eigenvalue weighted by Gasteiger charge is -2.31.